The van der Waals surface area contributed by atoms with Crippen molar-refractivity contribution in [2.75, 3.05) is 38.1 Å². The van der Waals surface area contributed by atoms with Crippen LogP contribution < -0.4 is 4.90 Å². The van der Waals surface area contributed by atoms with Crippen LogP contribution in [0.5, 0.6) is 0 Å². The maximum absolute atomic E-state index is 12.8. The van der Waals surface area contributed by atoms with Crippen LogP contribution in [0.15, 0.2) is 36.9 Å². The summed E-state index contributed by atoms with van der Waals surface area (Å²) in [5, 5.41) is -0.393. The summed E-state index contributed by atoms with van der Waals surface area (Å²) in [5.74, 6) is -0.332. The number of nitrogens with zero attached hydrogens (tertiary/aromatic N) is 3. The van der Waals surface area contributed by atoms with Crippen LogP contribution in [-0.4, -0.2) is 67.9 Å². The fourth-order valence-corrected chi connectivity index (χ4v) is 5.78. The molecule has 2 saturated heterocycles. The molecule has 2 aliphatic heterocycles. The topological polar surface area (TPSA) is 78.0 Å². The first kappa shape index (κ1) is 20.5. The van der Waals surface area contributed by atoms with Crippen LogP contribution in [0.25, 0.3) is 0 Å². The summed E-state index contributed by atoms with van der Waals surface area (Å²) in [4.78, 5) is 27.6. The van der Waals surface area contributed by atoms with Crippen LogP contribution in [0.2, 0.25) is 0 Å². The second kappa shape index (κ2) is 8.45. The first-order valence-electron chi connectivity index (χ1n) is 9.63. The molecule has 0 atom stereocenters. The van der Waals surface area contributed by atoms with Crippen LogP contribution in [-0.2, 0) is 14.8 Å². The van der Waals surface area contributed by atoms with Gasteiger partial charge in [0.2, 0.25) is 15.9 Å². The Hall–Kier alpha value is -2.19. The number of likely N-dealkylation sites (N-methyl/N-ethyl adjacent to an activating group) is 1. The van der Waals surface area contributed by atoms with E-state index in [9.17, 15) is 18.0 Å². The van der Waals surface area contributed by atoms with Crippen molar-refractivity contribution in [3.63, 3.8) is 0 Å². The Balaban J connectivity index is 1.60. The fraction of sp³-hybridized carbons (Fsp3) is 0.500. The molecule has 152 valence electrons. The van der Waals surface area contributed by atoms with Crippen molar-refractivity contribution in [3.05, 3.63) is 42.5 Å². The minimum atomic E-state index is -3.25. The van der Waals surface area contributed by atoms with E-state index in [1.165, 1.54) is 11.0 Å². The van der Waals surface area contributed by atoms with Crippen molar-refractivity contribution in [2.45, 2.75) is 30.9 Å². The second-order valence-electron chi connectivity index (χ2n) is 7.29. The van der Waals surface area contributed by atoms with Gasteiger partial charge in [0.05, 0.1) is 5.25 Å². The molecule has 7 nitrogen and oxygen atoms in total. The van der Waals surface area contributed by atoms with Gasteiger partial charge in [0.15, 0.2) is 0 Å². The molecule has 28 heavy (non-hydrogen) atoms. The molecule has 1 aromatic rings. The number of hydrogen-bond acceptors (Lipinski definition) is 4. The summed E-state index contributed by atoms with van der Waals surface area (Å²) < 4.78 is 27.0. The third-order valence-electron chi connectivity index (χ3n) is 5.58. The minimum absolute atomic E-state index is 0.110. The summed E-state index contributed by atoms with van der Waals surface area (Å²) in [5.41, 5.74) is 1.21. The predicted molar refractivity (Wildman–Crippen MR) is 109 cm³/mol. The van der Waals surface area contributed by atoms with E-state index in [0.29, 0.717) is 50.3 Å². The average molecular weight is 406 g/mol. The summed E-state index contributed by atoms with van der Waals surface area (Å²) in [6, 6.07) is 6.83. The van der Waals surface area contributed by atoms with Crippen molar-refractivity contribution in [1.29, 1.82) is 0 Å². The highest BCUT2D eigenvalue weighted by Crippen LogP contribution is 2.25. The Kier molecular flexibility index (Phi) is 6.20. The van der Waals surface area contributed by atoms with Crippen molar-refractivity contribution in [3.8, 4) is 0 Å². The molecule has 8 heteroatoms. The molecule has 0 unspecified atom stereocenters. The van der Waals surface area contributed by atoms with Crippen molar-refractivity contribution in [2.24, 2.45) is 0 Å². The third-order valence-corrected chi connectivity index (χ3v) is 7.98. The Morgan fingerprint density at radius 2 is 1.64 bits per heavy atom. The van der Waals surface area contributed by atoms with Crippen molar-refractivity contribution in [1.82, 2.24) is 9.21 Å². The molecule has 0 bridgehead atoms. The number of carbonyl (C=O) groups is 2. The van der Waals surface area contributed by atoms with Gasteiger partial charge < -0.3 is 9.80 Å². The van der Waals surface area contributed by atoms with Gasteiger partial charge in [0.1, 0.15) is 0 Å². The third kappa shape index (κ3) is 4.12. The molecule has 0 saturated carbocycles. The van der Waals surface area contributed by atoms with E-state index in [2.05, 4.69) is 6.58 Å². The highest BCUT2D eigenvalue weighted by molar-refractivity contribution is 7.89. The van der Waals surface area contributed by atoms with E-state index in [0.717, 1.165) is 12.8 Å². The Labute approximate surface area is 166 Å². The van der Waals surface area contributed by atoms with Gasteiger partial charge in [0.25, 0.3) is 5.91 Å². The Morgan fingerprint density at radius 1 is 1.07 bits per heavy atom. The second-order valence-corrected chi connectivity index (χ2v) is 9.50. The van der Waals surface area contributed by atoms with E-state index in [1.54, 1.807) is 40.5 Å². The van der Waals surface area contributed by atoms with Crippen LogP contribution in [0, 0.1) is 0 Å². The van der Waals surface area contributed by atoms with Crippen LogP contribution >= 0.6 is 0 Å². The first-order valence-corrected chi connectivity index (χ1v) is 11.1. The Bertz CT molecular complexity index is 837. The largest absolute Gasteiger partial charge is 0.339 e. The fourth-order valence-electron chi connectivity index (χ4n) is 3.78. The van der Waals surface area contributed by atoms with E-state index >= 15 is 0 Å². The number of amides is 2. The molecule has 2 aliphatic rings. The van der Waals surface area contributed by atoms with E-state index in [-0.39, 0.29) is 11.8 Å². The molecular weight excluding hydrogens is 378 g/mol. The number of rotatable bonds is 5. The number of benzene rings is 1. The SMILES string of the molecule is C=CC(=O)N(C)c1ccc(C(=O)N2CCC(S(=O)(=O)N3CCCC3)CC2)cc1. The van der Waals surface area contributed by atoms with Crippen molar-refractivity contribution < 1.29 is 18.0 Å². The van der Waals surface area contributed by atoms with Gasteiger partial charge in [-0.3, -0.25) is 9.59 Å². The van der Waals surface area contributed by atoms with E-state index in [1.807, 2.05) is 0 Å². The van der Waals surface area contributed by atoms with Gasteiger partial charge in [0, 0.05) is 44.5 Å². The predicted octanol–water partition coefficient (Wildman–Crippen LogP) is 1.87. The van der Waals surface area contributed by atoms with Crippen molar-refractivity contribution >= 4 is 27.5 Å². The lowest BCUT2D eigenvalue weighted by Gasteiger charge is -2.33. The lowest BCUT2D eigenvalue weighted by atomic mass is 10.1. The van der Waals surface area contributed by atoms with Gasteiger partial charge >= 0.3 is 0 Å². The van der Waals surface area contributed by atoms with Gasteiger partial charge in [-0.15, -0.1) is 0 Å². The quantitative estimate of drug-likeness (QED) is 0.701. The van der Waals surface area contributed by atoms with E-state index in [4.69, 9.17) is 0 Å². The number of sulfonamides is 1. The molecule has 2 amide bonds. The maximum Gasteiger partial charge on any atom is 0.253 e. The Morgan fingerprint density at radius 3 is 2.18 bits per heavy atom. The van der Waals surface area contributed by atoms with Crippen LogP contribution in [0.3, 0.4) is 0 Å². The first-order chi connectivity index (χ1) is 13.3. The number of piperidine rings is 1. The molecule has 0 spiro atoms. The van der Waals surface area contributed by atoms with Gasteiger partial charge in [-0.1, -0.05) is 6.58 Å². The van der Waals surface area contributed by atoms with Crippen LogP contribution in [0.4, 0.5) is 5.69 Å². The molecule has 0 aromatic heterocycles. The molecule has 3 rings (SSSR count). The monoisotopic (exact) mass is 405 g/mol. The molecule has 2 fully saturated rings. The minimum Gasteiger partial charge on any atom is -0.339 e. The zero-order chi connectivity index (χ0) is 20.3. The number of carbonyl (C=O) groups excluding carboxylic acids is 2. The van der Waals surface area contributed by atoms with Crippen LogP contribution in [0.1, 0.15) is 36.0 Å². The summed E-state index contributed by atoms with van der Waals surface area (Å²) in [7, 11) is -1.61. The maximum atomic E-state index is 12.8. The molecule has 0 radical (unpaired) electrons. The lowest BCUT2D eigenvalue weighted by Crippen LogP contribution is -2.46. The van der Waals surface area contributed by atoms with Gasteiger partial charge in [-0.05, 0) is 56.0 Å². The summed E-state index contributed by atoms with van der Waals surface area (Å²) >= 11 is 0. The molecule has 0 aliphatic carbocycles. The smallest absolute Gasteiger partial charge is 0.253 e. The highest BCUT2D eigenvalue weighted by Gasteiger charge is 2.36. The van der Waals surface area contributed by atoms with Gasteiger partial charge in [-0.2, -0.15) is 0 Å². The number of likely N-dealkylation sites (tertiary alicyclic amines) is 1. The highest BCUT2D eigenvalue weighted by atomic mass is 32.2. The van der Waals surface area contributed by atoms with E-state index < -0.39 is 15.3 Å². The standard InChI is InChI=1S/C20H27N3O4S/c1-3-19(24)21(2)17-8-6-16(7-9-17)20(25)22-14-10-18(11-15-22)28(26,27)23-12-4-5-13-23/h3,6-9,18H,1,4-5,10-15H2,2H3. The zero-order valence-corrected chi connectivity index (χ0v) is 17.0. The zero-order valence-electron chi connectivity index (χ0n) is 16.2. The number of hydrogen-bond donors (Lipinski definition) is 0. The normalized spacial score (nSPS) is 18.8. The lowest BCUT2D eigenvalue weighted by molar-refractivity contribution is -0.113. The summed E-state index contributed by atoms with van der Waals surface area (Å²) in [6.45, 7) is 5.58. The molecule has 0 N–H and O–H groups in total. The molecule has 1 aromatic carbocycles. The molecule has 2 heterocycles. The van der Waals surface area contributed by atoms with Gasteiger partial charge in [-0.25, -0.2) is 12.7 Å². The summed E-state index contributed by atoms with van der Waals surface area (Å²) in [6.07, 6.45) is 4.04. The number of anilines is 1. The average Bonchev–Trinajstić information content (AvgIpc) is 3.28. The molecular formula is C20H27N3O4S.